The largest absolute Gasteiger partial charge is 0.457 e. The summed E-state index contributed by atoms with van der Waals surface area (Å²) in [4.78, 5) is 19.2. The SMILES string of the molecule is CN(C)c1ccc(N2C(=O)C3(c4ccccc4Oc4ccccc43)C23c2ccccc2-c2ccccc23)cc1. The fraction of sp³-hybridized carbons (Fsp3) is 0.114. The van der Waals surface area contributed by atoms with Gasteiger partial charge in [-0.1, -0.05) is 84.9 Å². The van der Waals surface area contributed by atoms with Crippen molar-refractivity contribution in [1.29, 1.82) is 0 Å². The van der Waals surface area contributed by atoms with Gasteiger partial charge in [0.2, 0.25) is 5.91 Å². The van der Waals surface area contributed by atoms with E-state index < -0.39 is 11.0 Å². The van der Waals surface area contributed by atoms with E-state index in [4.69, 9.17) is 4.74 Å². The molecule has 0 bridgehead atoms. The van der Waals surface area contributed by atoms with Crippen molar-refractivity contribution >= 4 is 17.3 Å². The number of rotatable bonds is 2. The second kappa shape index (κ2) is 7.61. The number of hydrogen-bond acceptors (Lipinski definition) is 3. The number of ether oxygens (including phenoxy) is 1. The summed E-state index contributed by atoms with van der Waals surface area (Å²) in [6, 6.07) is 41.5. The third-order valence-corrected chi connectivity index (χ3v) is 8.75. The zero-order valence-corrected chi connectivity index (χ0v) is 21.8. The predicted molar refractivity (Wildman–Crippen MR) is 155 cm³/mol. The average Bonchev–Trinajstić information content (AvgIpc) is 3.29. The summed E-state index contributed by atoms with van der Waals surface area (Å²) in [7, 11) is 4.05. The molecule has 1 fully saturated rings. The second-order valence-electron chi connectivity index (χ2n) is 10.7. The molecule has 39 heavy (non-hydrogen) atoms. The van der Waals surface area contributed by atoms with E-state index in [0.29, 0.717) is 0 Å². The Balaban J connectivity index is 1.53. The van der Waals surface area contributed by atoms with Gasteiger partial charge in [-0.3, -0.25) is 9.69 Å². The molecule has 2 spiro atoms. The number of anilines is 2. The number of carbonyl (C=O) groups excluding carboxylic acids is 1. The highest BCUT2D eigenvalue weighted by Gasteiger charge is 2.78. The van der Waals surface area contributed by atoms with Crippen molar-refractivity contribution in [1.82, 2.24) is 0 Å². The average molecular weight is 507 g/mol. The van der Waals surface area contributed by atoms with Gasteiger partial charge in [-0.15, -0.1) is 0 Å². The zero-order chi connectivity index (χ0) is 26.4. The summed E-state index contributed by atoms with van der Waals surface area (Å²) in [5, 5.41) is 0. The molecule has 0 radical (unpaired) electrons. The maximum absolute atomic E-state index is 15.1. The molecule has 188 valence electrons. The van der Waals surface area contributed by atoms with E-state index in [-0.39, 0.29) is 5.91 Å². The van der Waals surface area contributed by atoms with Gasteiger partial charge in [0.1, 0.15) is 22.5 Å². The second-order valence-corrected chi connectivity index (χ2v) is 10.7. The Morgan fingerprint density at radius 1 is 0.590 bits per heavy atom. The van der Waals surface area contributed by atoms with Crippen molar-refractivity contribution < 1.29 is 9.53 Å². The first-order valence-corrected chi connectivity index (χ1v) is 13.3. The lowest BCUT2D eigenvalue weighted by molar-refractivity contribution is -0.135. The summed E-state index contributed by atoms with van der Waals surface area (Å²) in [5.41, 5.74) is 6.57. The molecule has 3 aliphatic rings. The minimum absolute atomic E-state index is 0.0507. The highest BCUT2D eigenvalue weighted by molar-refractivity contribution is 6.19. The monoisotopic (exact) mass is 506 g/mol. The van der Waals surface area contributed by atoms with Gasteiger partial charge in [0.05, 0.1) is 0 Å². The first-order chi connectivity index (χ1) is 19.1. The van der Waals surface area contributed by atoms with Crippen LogP contribution in [-0.4, -0.2) is 20.0 Å². The minimum atomic E-state index is -0.999. The van der Waals surface area contributed by atoms with Crippen LogP contribution < -0.4 is 14.5 Å². The number of benzene rings is 5. The summed E-state index contributed by atoms with van der Waals surface area (Å²) in [6.45, 7) is 0. The molecule has 0 aromatic heterocycles. The molecular formula is C35H26N2O2. The van der Waals surface area contributed by atoms with Crippen LogP contribution in [0.15, 0.2) is 121 Å². The highest BCUT2D eigenvalue weighted by atomic mass is 16.5. The zero-order valence-electron chi connectivity index (χ0n) is 21.8. The van der Waals surface area contributed by atoms with Crippen molar-refractivity contribution in [3.05, 3.63) is 144 Å². The molecule has 1 amide bonds. The van der Waals surface area contributed by atoms with Gasteiger partial charge in [0, 0.05) is 36.6 Å². The van der Waals surface area contributed by atoms with Gasteiger partial charge in [-0.25, -0.2) is 0 Å². The van der Waals surface area contributed by atoms with E-state index in [9.17, 15) is 0 Å². The van der Waals surface area contributed by atoms with Gasteiger partial charge < -0.3 is 9.64 Å². The number of amides is 1. The molecule has 4 heteroatoms. The normalized spacial score (nSPS) is 16.6. The van der Waals surface area contributed by atoms with E-state index >= 15 is 4.79 Å². The van der Waals surface area contributed by atoms with Crippen molar-refractivity contribution in [2.45, 2.75) is 11.0 Å². The summed E-state index contributed by atoms with van der Waals surface area (Å²) in [5.74, 6) is 1.51. The molecule has 4 nitrogen and oxygen atoms in total. The van der Waals surface area contributed by atoms with Gasteiger partial charge in [-0.2, -0.15) is 0 Å². The van der Waals surface area contributed by atoms with E-state index in [2.05, 4.69) is 89.8 Å². The molecule has 8 rings (SSSR count). The number of β-lactam (4-membered cyclic amide) rings is 1. The third-order valence-electron chi connectivity index (χ3n) is 8.75. The number of para-hydroxylation sites is 2. The predicted octanol–water partition coefficient (Wildman–Crippen LogP) is 7.12. The lowest BCUT2D eigenvalue weighted by Gasteiger charge is -2.65. The van der Waals surface area contributed by atoms with Crippen LogP contribution >= 0.6 is 0 Å². The van der Waals surface area contributed by atoms with E-state index in [1.54, 1.807) is 0 Å². The Bertz CT molecular complexity index is 1710. The Morgan fingerprint density at radius 2 is 1.05 bits per heavy atom. The maximum Gasteiger partial charge on any atom is 0.246 e. The summed E-state index contributed by atoms with van der Waals surface area (Å²) in [6.07, 6.45) is 0. The topological polar surface area (TPSA) is 32.8 Å². The maximum atomic E-state index is 15.1. The fourth-order valence-corrected chi connectivity index (χ4v) is 7.27. The van der Waals surface area contributed by atoms with Crippen molar-refractivity contribution in [3.8, 4) is 22.6 Å². The van der Waals surface area contributed by atoms with Crippen LogP contribution in [0.4, 0.5) is 11.4 Å². The molecule has 5 aromatic rings. The fourth-order valence-electron chi connectivity index (χ4n) is 7.27. The van der Waals surface area contributed by atoms with Crippen LogP contribution in [0.2, 0.25) is 0 Å². The first kappa shape index (κ1) is 22.2. The third kappa shape index (κ3) is 2.47. The number of carbonyl (C=O) groups is 1. The Hall–Kier alpha value is -4.83. The van der Waals surface area contributed by atoms with Crippen LogP contribution in [0.5, 0.6) is 11.5 Å². The Morgan fingerprint density at radius 3 is 1.56 bits per heavy atom. The van der Waals surface area contributed by atoms with E-state index in [1.165, 1.54) is 0 Å². The Labute approximate surface area is 227 Å². The first-order valence-electron chi connectivity index (χ1n) is 13.3. The quantitative estimate of drug-likeness (QED) is 0.239. The van der Waals surface area contributed by atoms with Gasteiger partial charge in [0.25, 0.3) is 0 Å². The number of nitrogens with zero attached hydrogens (tertiary/aromatic N) is 2. The van der Waals surface area contributed by atoms with Crippen LogP contribution in [0.1, 0.15) is 22.3 Å². The van der Waals surface area contributed by atoms with Crippen LogP contribution in [-0.2, 0) is 15.7 Å². The smallest absolute Gasteiger partial charge is 0.246 e. The van der Waals surface area contributed by atoms with E-state index in [1.807, 2.05) is 55.4 Å². The van der Waals surface area contributed by atoms with Gasteiger partial charge in [0.15, 0.2) is 0 Å². The summed E-state index contributed by atoms with van der Waals surface area (Å²) >= 11 is 0. The van der Waals surface area contributed by atoms with E-state index in [0.717, 1.165) is 56.3 Å². The minimum Gasteiger partial charge on any atom is -0.457 e. The van der Waals surface area contributed by atoms with Gasteiger partial charge in [-0.05, 0) is 58.7 Å². The summed E-state index contributed by atoms with van der Waals surface area (Å²) < 4.78 is 6.44. The molecule has 0 N–H and O–H groups in total. The molecular weight excluding hydrogens is 480 g/mol. The van der Waals surface area contributed by atoms with Crippen molar-refractivity contribution in [2.75, 3.05) is 23.9 Å². The number of hydrogen-bond donors (Lipinski definition) is 0. The van der Waals surface area contributed by atoms with Crippen LogP contribution in [0, 0.1) is 0 Å². The standard InChI is InChI=1S/C35H26N2O2/c1-36(2)23-19-21-24(22-20-23)37-33(38)34(29-15-7-9-17-31(29)39-32-18-10-8-16-30(32)34)35(37)27-13-5-3-11-25(27)26-12-4-6-14-28(26)35/h3-22H,1-2H3. The lowest BCUT2D eigenvalue weighted by atomic mass is 9.49. The molecule has 0 unspecified atom stereocenters. The molecule has 1 saturated heterocycles. The van der Waals surface area contributed by atoms with Crippen molar-refractivity contribution in [3.63, 3.8) is 0 Å². The highest BCUT2D eigenvalue weighted by Crippen LogP contribution is 2.72. The molecule has 0 atom stereocenters. The molecule has 0 saturated carbocycles. The van der Waals surface area contributed by atoms with Crippen LogP contribution in [0.3, 0.4) is 0 Å². The van der Waals surface area contributed by atoms with Crippen LogP contribution in [0.25, 0.3) is 11.1 Å². The molecule has 2 aliphatic heterocycles. The lowest BCUT2D eigenvalue weighted by Crippen LogP contribution is -2.79. The Kier molecular flexibility index (Phi) is 4.33. The molecule has 1 aliphatic carbocycles. The van der Waals surface area contributed by atoms with Gasteiger partial charge >= 0.3 is 0 Å². The number of fused-ring (bicyclic) bond motifs is 10. The van der Waals surface area contributed by atoms with Crippen molar-refractivity contribution in [2.24, 2.45) is 0 Å². The molecule has 2 heterocycles. The molecule has 5 aromatic carbocycles.